The van der Waals surface area contributed by atoms with E-state index in [0.29, 0.717) is 0 Å². The molecule has 2 N–H and O–H groups in total. The maximum absolute atomic E-state index is 5.70. The summed E-state index contributed by atoms with van der Waals surface area (Å²) in [5, 5.41) is 0. The zero-order valence-electron chi connectivity index (χ0n) is 13.0. The van der Waals surface area contributed by atoms with Gasteiger partial charge in [0.05, 0.1) is 0 Å². The third-order valence-electron chi connectivity index (χ3n) is 4.16. The Balaban J connectivity index is 2.57. The highest BCUT2D eigenvalue weighted by molar-refractivity contribution is 5.75. The fraction of sp³-hybridized carbons (Fsp3) is 0.556. The van der Waals surface area contributed by atoms with Crippen LogP contribution in [0, 0.1) is 5.41 Å². The molecule has 0 aromatic heterocycles. The lowest BCUT2D eigenvalue weighted by atomic mass is 9.68. The van der Waals surface area contributed by atoms with Gasteiger partial charge in [0, 0.05) is 0 Å². The van der Waals surface area contributed by atoms with Crippen LogP contribution in [-0.4, -0.2) is 6.54 Å². The number of nitrogens with two attached hydrogens (primary N) is 1. The average molecular weight is 257 g/mol. The highest BCUT2D eigenvalue weighted by Crippen LogP contribution is 2.45. The maximum Gasteiger partial charge on any atom is -0.00367 e. The molecular formula is C18H27N. The second-order valence-electron chi connectivity index (χ2n) is 7.37. The van der Waals surface area contributed by atoms with E-state index in [9.17, 15) is 0 Å². The van der Waals surface area contributed by atoms with Crippen LogP contribution in [0.2, 0.25) is 0 Å². The molecule has 1 nitrogen and oxygen atoms in total. The van der Waals surface area contributed by atoms with Crippen LogP contribution >= 0.6 is 0 Å². The summed E-state index contributed by atoms with van der Waals surface area (Å²) in [4.78, 5) is 0. The predicted molar refractivity (Wildman–Crippen MR) is 84.3 cm³/mol. The van der Waals surface area contributed by atoms with Crippen LogP contribution < -0.4 is 5.73 Å². The third kappa shape index (κ3) is 2.76. The molecule has 1 heteroatoms. The van der Waals surface area contributed by atoms with Crippen molar-refractivity contribution in [2.24, 2.45) is 11.1 Å². The molecule has 1 aromatic carbocycles. The van der Waals surface area contributed by atoms with Crippen molar-refractivity contribution in [3.05, 3.63) is 41.0 Å². The molecule has 2 rings (SSSR count). The Kier molecular flexibility index (Phi) is 3.61. The Morgan fingerprint density at radius 3 is 2.47 bits per heavy atom. The normalized spacial score (nSPS) is 17.9. The van der Waals surface area contributed by atoms with Gasteiger partial charge in [-0.1, -0.05) is 58.9 Å². The van der Waals surface area contributed by atoms with Gasteiger partial charge in [0.2, 0.25) is 0 Å². The van der Waals surface area contributed by atoms with E-state index in [1.165, 1.54) is 22.3 Å². The van der Waals surface area contributed by atoms with Crippen LogP contribution in [0.4, 0.5) is 0 Å². The zero-order chi connectivity index (χ0) is 14.3. The molecule has 0 spiro atoms. The van der Waals surface area contributed by atoms with Crippen molar-refractivity contribution in [2.75, 3.05) is 6.54 Å². The molecule has 1 aliphatic rings. The van der Waals surface area contributed by atoms with Gasteiger partial charge in [0.1, 0.15) is 0 Å². The molecule has 0 fully saturated rings. The first-order valence-corrected chi connectivity index (χ1v) is 7.30. The summed E-state index contributed by atoms with van der Waals surface area (Å²) in [6.07, 6.45) is 4.53. The van der Waals surface area contributed by atoms with Crippen LogP contribution in [0.15, 0.2) is 24.3 Å². The summed E-state index contributed by atoms with van der Waals surface area (Å²) >= 11 is 0. The number of rotatable bonds is 2. The monoisotopic (exact) mass is 257 g/mol. The molecule has 0 saturated carbocycles. The highest BCUT2D eigenvalue weighted by Gasteiger charge is 2.32. The predicted octanol–water partition coefficient (Wildman–Crippen LogP) is 4.30. The minimum atomic E-state index is 0.201. The highest BCUT2D eigenvalue weighted by atomic mass is 14.5. The first-order valence-electron chi connectivity index (χ1n) is 7.30. The molecule has 0 bridgehead atoms. The van der Waals surface area contributed by atoms with Crippen molar-refractivity contribution in [1.29, 1.82) is 0 Å². The Bertz CT molecular complexity index is 501. The molecule has 19 heavy (non-hydrogen) atoms. The molecule has 0 unspecified atom stereocenters. The third-order valence-corrected chi connectivity index (χ3v) is 4.16. The van der Waals surface area contributed by atoms with Crippen LogP contribution in [0.5, 0.6) is 0 Å². The van der Waals surface area contributed by atoms with E-state index >= 15 is 0 Å². The lowest BCUT2D eigenvalue weighted by molar-refractivity contribution is 0.503. The average Bonchev–Trinajstić information content (AvgIpc) is 2.27. The molecular weight excluding hydrogens is 230 g/mol. The largest absolute Gasteiger partial charge is 0.330 e. The van der Waals surface area contributed by atoms with Gasteiger partial charge < -0.3 is 5.73 Å². The smallest absolute Gasteiger partial charge is 0.00367 e. The molecule has 0 atom stereocenters. The Hall–Kier alpha value is -1.08. The summed E-state index contributed by atoms with van der Waals surface area (Å²) in [5.41, 5.74) is 11.9. The topological polar surface area (TPSA) is 26.0 Å². The summed E-state index contributed by atoms with van der Waals surface area (Å²) in [6, 6.07) is 6.93. The van der Waals surface area contributed by atoms with Gasteiger partial charge in [0.25, 0.3) is 0 Å². The van der Waals surface area contributed by atoms with Gasteiger partial charge in [-0.3, -0.25) is 0 Å². The van der Waals surface area contributed by atoms with E-state index < -0.39 is 0 Å². The lowest BCUT2D eigenvalue weighted by Crippen LogP contribution is -2.25. The van der Waals surface area contributed by atoms with Gasteiger partial charge in [-0.25, -0.2) is 0 Å². The molecule has 0 amide bonds. The molecule has 1 aliphatic carbocycles. The van der Waals surface area contributed by atoms with Gasteiger partial charge in [-0.15, -0.1) is 0 Å². The Labute approximate surface area is 117 Å². The van der Waals surface area contributed by atoms with Gasteiger partial charge in [-0.05, 0) is 52.5 Å². The molecule has 0 radical (unpaired) electrons. The number of benzene rings is 1. The Morgan fingerprint density at radius 2 is 1.89 bits per heavy atom. The first-order chi connectivity index (χ1) is 8.75. The van der Waals surface area contributed by atoms with Crippen molar-refractivity contribution in [3.63, 3.8) is 0 Å². The number of hydrogen-bond acceptors (Lipinski definition) is 1. The SMILES string of the molecule is CC(C)(C)C1=CCC(C)(C)c2ccc(CCN)cc21. The number of hydrogen-bond donors (Lipinski definition) is 1. The van der Waals surface area contributed by atoms with E-state index in [-0.39, 0.29) is 10.8 Å². The van der Waals surface area contributed by atoms with E-state index in [4.69, 9.17) is 5.73 Å². The van der Waals surface area contributed by atoms with Crippen molar-refractivity contribution >= 4 is 5.57 Å². The summed E-state index contributed by atoms with van der Waals surface area (Å²) < 4.78 is 0. The van der Waals surface area contributed by atoms with E-state index in [1.54, 1.807) is 0 Å². The van der Waals surface area contributed by atoms with E-state index in [1.807, 2.05) is 0 Å². The lowest BCUT2D eigenvalue weighted by Gasteiger charge is -2.37. The van der Waals surface area contributed by atoms with Crippen LogP contribution in [-0.2, 0) is 11.8 Å². The Morgan fingerprint density at radius 1 is 1.21 bits per heavy atom. The standard InChI is InChI=1S/C18H27N/c1-17(2,3)15-8-10-18(4,5)16-7-6-13(9-11-19)12-14(15)16/h6-8,12H,9-11,19H2,1-5H3. The minimum Gasteiger partial charge on any atom is -0.330 e. The minimum absolute atomic E-state index is 0.201. The van der Waals surface area contributed by atoms with Crippen molar-refractivity contribution in [2.45, 2.75) is 52.9 Å². The summed E-state index contributed by atoms with van der Waals surface area (Å²) in [6.45, 7) is 12.3. The molecule has 0 heterocycles. The van der Waals surface area contributed by atoms with E-state index in [2.05, 4.69) is 58.9 Å². The van der Waals surface area contributed by atoms with Crippen LogP contribution in [0.1, 0.15) is 57.7 Å². The van der Waals surface area contributed by atoms with Crippen molar-refractivity contribution in [1.82, 2.24) is 0 Å². The summed E-state index contributed by atoms with van der Waals surface area (Å²) in [7, 11) is 0. The number of fused-ring (bicyclic) bond motifs is 1. The van der Waals surface area contributed by atoms with E-state index in [0.717, 1.165) is 19.4 Å². The van der Waals surface area contributed by atoms with Crippen LogP contribution in [0.25, 0.3) is 5.57 Å². The second kappa shape index (κ2) is 4.79. The fourth-order valence-electron chi connectivity index (χ4n) is 3.01. The van der Waals surface area contributed by atoms with Crippen molar-refractivity contribution in [3.8, 4) is 0 Å². The van der Waals surface area contributed by atoms with Crippen LogP contribution in [0.3, 0.4) is 0 Å². The quantitative estimate of drug-likeness (QED) is 0.840. The maximum atomic E-state index is 5.70. The molecule has 104 valence electrons. The zero-order valence-corrected chi connectivity index (χ0v) is 13.0. The summed E-state index contributed by atoms with van der Waals surface area (Å²) in [5.74, 6) is 0. The van der Waals surface area contributed by atoms with Crippen molar-refractivity contribution < 1.29 is 0 Å². The van der Waals surface area contributed by atoms with Gasteiger partial charge in [-0.2, -0.15) is 0 Å². The second-order valence-corrected chi connectivity index (χ2v) is 7.37. The number of allylic oxidation sites excluding steroid dienone is 2. The van der Waals surface area contributed by atoms with Gasteiger partial charge in [0.15, 0.2) is 0 Å². The fourth-order valence-corrected chi connectivity index (χ4v) is 3.01. The molecule has 1 aromatic rings. The molecule has 0 saturated heterocycles. The first kappa shape index (κ1) is 14.3. The van der Waals surface area contributed by atoms with Gasteiger partial charge >= 0.3 is 0 Å². The molecule has 0 aliphatic heterocycles.